The third kappa shape index (κ3) is 3.49. The molecule has 0 spiro atoms. The minimum atomic E-state index is 0.356. The molecule has 0 amide bonds. The van der Waals surface area contributed by atoms with Gasteiger partial charge in [0.05, 0.1) is 0 Å². The highest BCUT2D eigenvalue weighted by Crippen LogP contribution is 2.30. The van der Waals surface area contributed by atoms with Crippen molar-refractivity contribution in [3.05, 3.63) is 71.3 Å². The lowest BCUT2D eigenvalue weighted by Gasteiger charge is -2.25. The van der Waals surface area contributed by atoms with Gasteiger partial charge in [0.25, 0.3) is 0 Å². The van der Waals surface area contributed by atoms with E-state index in [1.807, 2.05) is 0 Å². The van der Waals surface area contributed by atoms with Crippen LogP contribution in [0.1, 0.15) is 48.9 Å². The van der Waals surface area contributed by atoms with Crippen molar-refractivity contribution in [3.8, 4) is 0 Å². The molecule has 2 rings (SSSR count). The highest BCUT2D eigenvalue weighted by molar-refractivity contribution is 5.30. The second-order valence-corrected chi connectivity index (χ2v) is 5.46. The number of benzene rings is 2. The van der Waals surface area contributed by atoms with Gasteiger partial charge in [0.1, 0.15) is 0 Å². The number of rotatable bonds is 6. The maximum absolute atomic E-state index is 3.49. The molecule has 20 heavy (non-hydrogen) atoms. The summed E-state index contributed by atoms with van der Waals surface area (Å²) in [5, 5.41) is 3.49. The summed E-state index contributed by atoms with van der Waals surface area (Å²) in [6, 6.07) is 20.1. The van der Waals surface area contributed by atoms with Gasteiger partial charge in [0, 0.05) is 12.0 Å². The lowest BCUT2D eigenvalue weighted by atomic mass is 9.88. The van der Waals surface area contributed by atoms with Gasteiger partial charge in [-0.05, 0) is 30.2 Å². The predicted octanol–water partition coefficient (Wildman–Crippen LogP) is 4.70. The van der Waals surface area contributed by atoms with Gasteiger partial charge >= 0.3 is 0 Å². The fourth-order valence-corrected chi connectivity index (χ4v) is 2.89. The van der Waals surface area contributed by atoms with Crippen molar-refractivity contribution in [2.24, 2.45) is 0 Å². The maximum atomic E-state index is 3.49. The molecule has 106 valence electrons. The number of hydrogen-bond donors (Lipinski definition) is 1. The van der Waals surface area contributed by atoms with Gasteiger partial charge in [-0.25, -0.2) is 0 Å². The van der Waals surface area contributed by atoms with E-state index >= 15 is 0 Å². The smallest absolute Gasteiger partial charge is 0.0384 e. The maximum Gasteiger partial charge on any atom is 0.0384 e. The molecule has 1 N–H and O–H groups in total. The van der Waals surface area contributed by atoms with Crippen LogP contribution < -0.4 is 5.32 Å². The Kier molecular flexibility index (Phi) is 5.37. The molecule has 2 aromatic rings. The van der Waals surface area contributed by atoms with E-state index in [4.69, 9.17) is 0 Å². The van der Waals surface area contributed by atoms with E-state index in [-0.39, 0.29) is 0 Å². The molecule has 0 heterocycles. The van der Waals surface area contributed by atoms with Crippen LogP contribution in [0.3, 0.4) is 0 Å². The van der Waals surface area contributed by atoms with Gasteiger partial charge in [0.15, 0.2) is 0 Å². The molecule has 0 saturated carbocycles. The standard InChI is InChI=1S/C19H25N/c1-4-9-16-10-8-13-18(14-16)19(20-3)15(2)17-11-6-5-7-12-17/h5-8,10-15,19-20H,4,9H2,1-3H3. The molecule has 0 aliphatic carbocycles. The SMILES string of the molecule is CCCc1cccc(C(NC)C(C)c2ccccc2)c1. The first-order valence-corrected chi connectivity index (χ1v) is 7.57. The zero-order chi connectivity index (χ0) is 14.4. The molecular weight excluding hydrogens is 242 g/mol. The first kappa shape index (κ1) is 14.8. The molecule has 2 unspecified atom stereocenters. The molecule has 2 atom stereocenters. The van der Waals surface area contributed by atoms with Gasteiger partial charge in [-0.1, -0.05) is 74.9 Å². The molecule has 0 fully saturated rings. The van der Waals surface area contributed by atoms with Crippen molar-refractivity contribution in [3.63, 3.8) is 0 Å². The summed E-state index contributed by atoms with van der Waals surface area (Å²) in [5.74, 6) is 0.457. The summed E-state index contributed by atoms with van der Waals surface area (Å²) < 4.78 is 0. The fourth-order valence-electron chi connectivity index (χ4n) is 2.89. The van der Waals surface area contributed by atoms with Crippen LogP contribution in [0.2, 0.25) is 0 Å². The van der Waals surface area contributed by atoms with Crippen molar-refractivity contribution in [2.45, 2.75) is 38.6 Å². The fraction of sp³-hybridized carbons (Fsp3) is 0.368. The Morgan fingerprint density at radius 1 is 0.950 bits per heavy atom. The zero-order valence-electron chi connectivity index (χ0n) is 12.8. The van der Waals surface area contributed by atoms with Crippen molar-refractivity contribution >= 4 is 0 Å². The van der Waals surface area contributed by atoms with Crippen LogP contribution in [0.4, 0.5) is 0 Å². The molecule has 0 aliphatic heterocycles. The Hall–Kier alpha value is -1.60. The summed E-state index contributed by atoms with van der Waals surface area (Å²) in [4.78, 5) is 0. The van der Waals surface area contributed by atoms with Crippen LogP contribution in [-0.2, 0) is 6.42 Å². The van der Waals surface area contributed by atoms with Gasteiger partial charge < -0.3 is 5.32 Å². The Balaban J connectivity index is 2.25. The van der Waals surface area contributed by atoms with Gasteiger partial charge in [-0.3, -0.25) is 0 Å². The summed E-state index contributed by atoms with van der Waals surface area (Å²) in [5.41, 5.74) is 4.20. The number of likely N-dealkylation sites (N-methyl/N-ethyl adjacent to an activating group) is 1. The molecular formula is C19H25N. The van der Waals surface area contributed by atoms with Gasteiger partial charge in [-0.15, -0.1) is 0 Å². The lowest BCUT2D eigenvalue weighted by molar-refractivity contribution is 0.507. The highest BCUT2D eigenvalue weighted by atomic mass is 14.9. The minimum absolute atomic E-state index is 0.356. The highest BCUT2D eigenvalue weighted by Gasteiger charge is 2.19. The molecule has 2 aromatic carbocycles. The average Bonchev–Trinajstić information content (AvgIpc) is 2.49. The largest absolute Gasteiger partial charge is 0.312 e. The number of hydrogen-bond acceptors (Lipinski definition) is 1. The molecule has 0 radical (unpaired) electrons. The van der Waals surface area contributed by atoms with Crippen LogP contribution in [0, 0.1) is 0 Å². The number of aryl methyl sites for hydroxylation is 1. The summed E-state index contributed by atoms with van der Waals surface area (Å²) >= 11 is 0. The van der Waals surface area contributed by atoms with Crippen molar-refractivity contribution in [2.75, 3.05) is 7.05 Å². The van der Waals surface area contributed by atoms with E-state index in [1.165, 1.54) is 23.1 Å². The Morgan fingerprint density at radius 2 is 1.65 bits per heavy atom. The van der Waals surface area contributed by atoms with Crippen LogP contribution in [0.15, 0.2) is 54.6 Å². The van der Waals surface area contributed by atoms with Crippen molar-refractivity contribution in [1.29, 1.82) is 0 Å². The van der Waals surface area contributed by atoms with Crippen LogP contribution in [-0.4, -0.2) is 7.05 Å². The summed E-state index contributed by atoms with van der Waals surface area (Å²) in [6.45, 7) is 4.53. The Bertz CT molecular complexity index is 518. The Labute approximate surface area is 123 Å². The second-order valence-electron chi connectivity index (χ2n) is 5.46. The first-order chi connectivity index (χ1) is 9.76. The zero-order valence-corrected chi connectivity index (χ0v) is 12.8. The average molecular weight is 267 g/mol. The topological polar surface area (TPSA) is 12.0 Å². The minimum Gasteiger partial charge on any atom is -0.312 e. The van der Waals surface area contributed by atoms with Crippen LogP contribution in [0.25, 0.3) is 0 Å². The third-order valence-corrected chi connectivity index (χ3v) is 3.99. The molecule has 0 saturated heterocycles. The number of nitrogens with one attached hydrogen (secondary N) is 1. The van der Waals surface area contributed by atoms with Crippen LogP contribution in [0.5, 0.6) is 0 Å². The van der Waals surface area contributed by atoms with Gasteiger partial charge in [-0.2, -0.15) is 0 Å². The predicted molar refractivity (Wildman–Crippen MR) is 87.1 cm³/mol. The normalized spacial score (nSPS) is 13.9. The molecule has 1 nitrogen and oxygen atoms in total. The van der Waals surface area contributed by atoms with E-state index in [1.54, 1.807) is 0 Å². The Morgan fingerprint density at radius 3 is 2.30 bits per heavy atom. The van der Waals surface area contributed by atoms with Crippen molar-refractivity contribution < 1.29 is 0 Å². The molecule has 1 heteroatoms. The molecule has 0 bridgehead atoms. The van der Waals surface area contributed by atoms with Gasteiger partial charge in [0.2, 0.25) is 0 Å². The first-order valence-electron chi connectivity index (χ1n) is 7.57. The van der Waals surface area contributed by atoms with Crippen molar-refractivity contribution in [1.82, 2.24) is 5.32 Å². The quantitative estimate of drug-likeness (QED) is 0.799. The van der Waals surface area contributed by atoms with E-state index < -0.39 is 0 Å². The van der Waals surface area contributed by atoms with E-state index in [0.29, 0.717) is 12.0 Å². The second kappa shape index (κ2) is 7.25. The summed E-state index contributed by atoms with van der Waals surface area (Å²) in [7, 11) is 2.05. The van der Waals surface area contributed by atoms with E-state index in [2.05, 4.69) is 80.8 Å². The summed E-state index contributed by atoms with van der Waals surface area (Å²) in [6.07, 6.45) is 2.35. The molecule has 0 aliphatic rings. The monoisotopic (exact) mass is 267 g/mol. The third-order valence-electron chi connectivity index (χ3n) is 3.99. The van der Waals surface area contributed by atoms with Crippen LogP contribution >= 0.6 is 0 Å². The van der Waals surface area contributed by atoms with E-state index in [9.17, 15) is 0 Å². The molecule has 0 aromatic heterocycles. The lowest BCUT2D eigenvalue weighted by Crippen LogP contribution is -2.22. The van der Waals surface area contributed by atoms with E-state index in [0.717, 1.165) is 6.42 Å².